The monoisotopic (exact) mass is 384 g/mol. The molecule has 2 aromatic rings. The Morgan fingerprint density at radius 3 is 2.15 bits per heavy atom. The van der Waals surface area contributed by atoms with Crippen molar-refractivity contribution >= 4 is 18.3 Å². The summed E-state index contributed by atoms with van der Waals surface area (Å²) < 4.78 is 0. The molecule has 2 aliphatic rings. The molecule has 2 atom stereocenters. The van der Waals surface area contributed by atoms with Crippen molar-refractivity contribution in [1.29, 1.82) is 0 Å². The molecule has 0 bridgehead atoms. The van der Waals surface area contributed by atoms with E-state index in [4.69, 9.17) is 5.73 Å². The van der Waals surface area contributed by atoms with Crippen LogP contribution in [0.1, 0.15) is 42.7 Å². The fourth-order valence-electron chi connectivity index (χ4n) is 5.02. The first kappa shape index (κ1) is 19.9. The van der Waals surface area contributed by atoms with Crippen LogP contribution in [0.4, 0.5) is 0 Å². The van der Waals surface area contributed by atoms with Crippen molar-refractivity contribution in [3.8, 4) is 0 Å². The Kier molecular flexibility index (Phi) is 6.23. The zero-order chi connectivity index (χ0) is 18.0. The molecule has 0 spiro atoms. The molecule has 4 rings (SSSR count). The van der Waals surface area contributed by atoms with E-state index in [1.54, 1.807) is 0 Å². The molecule has 144 valence electrons. The number of amides is 1. The van der Waals surface area contributed by atoms with Gasteiger partial charge in [0, 0.05) is 19.0 Å². The number of nitrogens with two attached hydrogens (primary N) is 1. The van der Waals surface area contributed by atoms with Gasteiger partial charge in [-0.2, -0.15) is 0 Å². The van der Waals surface area contributed by atoms with E-state index in [9.17, 15) is 4.79 Å². The Balaban J connectivity index is 0.00000210. The first-order chi connectivity index (χ1) is 12.7. The van der Waals surface area contributed by atoms with Gasteiger partial charge in [0.15, 0.2) is 0 Å². The molecule has 27 heavy (non-hydrogen) atoms. The molecule has 0 unspecified atom stereocenters. The molecular formula is C23H29ClN2O. The van der Waals surface area contributed by atoms with E-state index in [0.717, 1.165) is 38.8 Å². The van der Waals surface area contributed by atoms with Crippen molar-refractivity contribution in [3.63, 3.8) is 0 Å². The average molecular weight is 385 g/mol. The quantitative estimate of drug-likeness (QED) is 0.861. The molecule has 1 saturated heterocycles. The number of hydrogen-bond acceptors (Lipinski definition) is 2. The maximum Gasteiger partial charge on any atom is 0.233 e. The molecule has 1 aliphatic carbocycles. The summed E-state index contributed by atoms with van der Waals surface area (Å²) in [6, 6.07) is 21.0. The first-order valence-corrected chi connectivity index (χ1v) is 9.84. The Hall–Kier alpha value is -1.84. The lowest BCUT2D eigenvalue weighted by molar-refractivity contribution is -0.136. The lowest BCUT2D eigenvalue weighted by Gasteiger charge is -2.33. The minimum absolute atomic E-state index is 0. The largest absolute Gasteiger partial charge is 0.341 e. The molecule has 1 saturated carbocycles. The van der Waals surface area contributed by atoms with E-state index in [-0.39, 0.29) is 17.8 Å². The molecule has 1 heterocycles. The van der Waals surface area contributed by atoms with Gasteiger partial charge < -0.3 is 10.6 Å². The number of benzene rings is 2. The summed E-state index contributed by atoms with van der Waals surface area (Å²) in [5, 5.41) is 0. The van der Waals surface area contributed by atoms with Crippen LogP contribution in [0.5, 0.6) is 0 Å². The summed E-state index contributed by atoms with van der Waals surface area (Å²) in [5.41, 5.74) is 8.25. The third-order valence-electron chi connectivity index (χ3n) is 6.45. The van der Waals surface area contributed by atoms with E-state index in [0.29, 0.717) is 24.3 Å². The summed E-state index contributed by atoms with van der Waals surface area (Å²) in [4.78, 5) is 15.8. The molecule has 0 radical (unpaired) electrons. The Morgan fingerprint density at radius 1 is 0.963 bits per heavy atom. The normalized spacial score (nSPS) is 23.8. The van der Waals surface area contributed by atoms with Gasteiger partial charge in [0.05, 0.1) is 5.41 Å². The van der Waals surface area contributed by atoms with Crippen LogP contribution in [0.15, 0.2) is 60.7 Å². The van der Waals surface area contributed by atoms with Crippen molar-refractivity contribution in [2.45, 2.75) is 37.0 Å². The van der Waals surface area contributed by atoms with Gasteiger partial charge in [0.1, 0.15) is 0 Å². The smallest absolute Gasteiger partial charge is 0.233 e. The predicted molar refractivity (Wildman–Crippen MR) is 112 cm³/mol. The number of carbonyl (C=O) groups excluding carboxylic acids is 1. The van der Waals surface area contributed by atoms with Crippen LogP contribution in [-0.4, -0.2) is 30.4 Å². The molecule has 1 amide bonds. The molecule has 3 nitrogen and oxygen atoms in total. The second kappa shape index (κ2) is 8.45. The minimum Gasteiger partial charge on any atom is -0.341 e. The highest BCUT2D eigenvalue weighted by Crippen LogP contribution is 2.44. The fourth-order valence-corrected chi connectivity index (χ4v) is 5.02. The lowest BCUT2D eigenvalue weighted by atomic mass is 9.77. The second-order valence-electron chi connectivity index (χ2n) is 7.88. The van der Waals surface area contributed by atoms with Crippen molar-refractivity contribution in [1.82, 2.24) is 4.90 Å². The zero-order valence-corrected chi connectivity index (χ0v) is 16.5. The Morgan fingerprint density at radius 2 is 1.56 bits per heavy atom. The van der Waals surface area contributed by atoms with Crippen LogP contribution < -0.4 is 5.73 Å². The van der Waals surface area contributed by atoms with Gasteiger partial charge in [0.25, 0.3) is 0 Å². The van der Waals surface area contributed by atoms with Gasteiger partial charge >= 0.3 is 0 Å². The highest BCUT2D eigenvalue weighted by atomic mass is 35.5. The van der Waals surface area contributed by atoms with E-state index in [2.05, 4.69) is 53.4 Å². The van der Waals surface area contributed by atoms with E-state index >= 15 is 0 Å². The summed E-state index contributed by atoms with van der Waals surface area (Å²) in [6.45, 7) is 2.20. The zero-order valence-electron chi connectivity index (χ0n) is 15.7. The number of hydrogen-bond donors (Lipinski definition) is 1. The fraction of sp³-hybridized carbons (Fsp3) is 0.435. The Labute approximate surface area is 168 Å². The van der Waals surface area contributed by atoms with Gasteiger partial charge in [0.2, 0.25) is 5.91 Å². The van der Waals surface area contributed by atoms with E-state index in [1.165, 1.54) is 11.1 Å². The van der Waals surface area contributed by atoms with Crippen LogP contribution >= 0.6 is 12.4 Å². The van der Waals surface area contributed by atoms with Crippen molar-refractivity contribution in [3.05, 3.63) is 71.8 Å². The molecule has 2 fully saturated rings. The van der Waals surface area contributed by atoms with Crippen LogP contribution in [-0.2, 0) is 10.2 Å². The molecule has 1 aliphatic heterocycles. The van der Waals surface area contributed by atoms with Crippen LogP contribution in [0.3, 0.4) is 0 Å². The van der Waals surface area contributed by atoms with Crippen LogP contribution in [0.2, 0.25) is 0 Å². The predicted octanol–water partition coefficient (Wildman–Crippen LogP) is 4.12. The van der Waals surface area contributed by atoms with Crippen molar-refractivity contribution in [2.24, 2.45) is 11.7 Å². The highest BCUT2D eigenvalue weighted by Gasteiger charge is 2.47. The third-order valence-corrected chi connectivity index (χ3v) is 6.45. The summed E-state index contributed by atoms with van der Waals surface area (Å²) in [5.74, 6) is 1.01. The number of halogens is 1. The van der Waals surface area contributed by atoms with E-state index in [1.807, 2.05) is 12.1 Å². The van der Waals surface area contributed by atoms with Gasteiger partial charge in [-0.05, 0) is 36.4 Å². The SMILES string of the molecule is Cl.NC[C@@H]1CN(C(=O)C2(c3ccccc3)CCCC2)C[C@H]1c1ccccc1. The van der Waals surface area contributed by atoms with Crippen molar-refractivity contribution in [2.75, 3.05) is 19.6 Å². The number of nitrogens with zero attached hydrogens (tertiary/aromatic N) is 1. The van der Waals surface area contributed by atoms with E-state index < -0.39 is 0 Å². The average Bonchev–Trinajstić information content (AvgIpc) is 3.37. The van der Waals surface area contributed by atoms with Gasteiger partial charge in [-0.1, -0.05) is 73.5 Å². The molecule has 2 aromatic carbocycles. The Bertz CT molecular complexity index is 743. The topological polar surface area (TPSA) is 46.3 Å². The number of rotatable bonds is 4. The molecule has 0 aromatic heterocycles. The summed E-state index contributed by atoms with van der Waals surface area (Å²) in [7, 11) is 0. The minimum atomic E-state index is -0.327. The second-order valence-corrected chi connectivity index (χ2v) is 7.88. The number of likely N-dealkylation sites (tertiary alicyclic amines) is 1. The molecular weight excluding hydrogens is 356 g/mol. The van der Waals surface area contributed by atoms with Crippen molar-refractivity contribution < 1.29 is 4.79 Å². The summed E-state index contributed by atoms with van der Waals surface area (Å²) in [6.07, 6.45) is 4.21. The van der Waals surface area contributed by atoms with Gasteiger partial charge in [-0.25, -0.2) is 0 Å². The van der Waals surface area contributed by atoms with Crippen LogP contribution in [0, 0.1) is 5.92 Å². The molecule has 2 N–H and O–H groups in total. The maximum atomic E-state index is 13.7. The van der Waals surface area contributed by atoms with Gasteiger partial charge in [-0.15, -0.1) is 12.4 Å². The standard InChI is InChI=1S/C23H28N2O.ClH/c24-15-19-16-25(17-21(19)18-9-3-1-4-10-18)22(26)23(13-7-8-14-23)20-11-5-2-6-12-20;/h1-6,9-12,19,21H,7-8,13-17,24H2;1H/t19-,21+;/m1./s1. The number of carbonyl (C=O) groups is 1. The highest BCUT2D eigenvalue weighted by molar-refractivity contribution is 5.89. The third kappa shape index (κ3) is 3.63. The van der Waals surface area contributed by atoms with Gasteiger partial charge in [-0.3, -0.25) is 4.79 Å². The molecule has 4 heteroatoms. The maximum absolute atomic E-state index is 13.7. The lowest BCUT2D eigenvalue weighted by Crippen LogP contribution is -2.44. The summed E-state index contributed by atoms with van der Waals surface area (Å²) >= 11 is 0. The first-order valence-electron chi connectivity index (χ1n) is 9.84. The van der Waals surface area contributed by atoms with Crippen LogP contribution in [0.25, 0.3) is 0 Å².